The second-order valence-corrected chi connectivity index (χ2v) is 5.97. The SMILES string of the molecule is CNCc1cc(CN2c3ccccc3CCC2C)oc1C. The first-order chi connectivity index (χ1) is 10.2. The van der Waals surface area contributed by atoms with Crippen molar-refractivity contribution >= 4 is 5.69 Å². The molecular formula is C18H24N2O. The topological polar surface area (TPSA) is 28.4 Å². The molecule has 0 amide bonds. The molecule has 112 valence electrons. The summed E-state index contributed by atoms with van der Waals surface area (Å²) in [6, 6.07) is 11.5. The zero-order chi connectivity index (χ0) is 14.8. The van der Waals surface area contributed by atoms with Gasteiger partial charge in [0.05, 0.1) is 6.54 Å². The predicted octanol–water partition coefficient (Wildman–Crippen LogP) is 3.65. The van der Waals surface area contributed by atoms with Crippen LogP contribution in [0.2, 0.25) is 0 Å². The van der Waals surface area contributed by atoms with E-state index in [1.54, 1.807) is 0 Å². The van der Waals surface area contributed by atoms with Crippen LogP contribution in [-0.4, -0.2) is 13.1 Å². The molecule has 21 heavy (non-hydrogen) atoms. The van der Waals surface area contributed by atoms with Gasteiger partial charge < -0.3 is 14.6 Å². The summed E-state index contributed by atoms with van der Waals surface area (Å²) >= 11 is 0. The molecule has 0 radical (unpaired) electrons. The quantitative estimate of drug-likeness (QED) is 0.929. The Hall–Kier alpha value is -1.74. The highest BCUT2D eigenvalue weighted by Gasteiger charge is 2.23. The molecule has 3 rings (SSSR count). The molecule has 1 unspecified atom stereocenters. The number of hydrogen-bond donors (Lipinski definition) is 1. The number of hydrogen-bond acceptors (Lipinski definition) is 3. The molecule has 0 saturated heterocycles. The number of anilines is 1. The van der Waals surface area contributed by atoms with Gasteiger partial charge in [0.1, 0.15) is 11.5 Å². The van der Waals surface area contributed by atoms with Crippen molar-refractivity contribution in [3.05, 3.63) is 53.0 Å². The van der Waals surface area contributed by atoms with Gasteiger partial charge in [0.2, 0.25) is 0 Å². The van der Waals surface area contributed by atoms with E-state index < -0.39 is 0 Å². The van der Waals surface area contributed by atoms with Gasteiger partial charge in [-0.2, -0.15) is 0 Å². The maximum absolute atomic E-state index is 5.95. The van der Waals surface area contributed by atoms with E-state index in [0.717, 1.165) is 24.6 Å². The molecule has 0 saturated carbocycles. The number of para-hydroxylation sites is 1. The first-order valence-corrected chi connectivity index (χ1v) is 7.76. The van der Waals surface area contributed by atoms with E-state index in [2.05, 4.69) is 47.5 Å². The molecule has 3 heteroatoms. The third kappa shape index (κ3) is 2.84. The second-order valence-electron chi connectivity index (χ2n) is 5.97. The highest BCUT2D eigenvalue weighted by molar-refractivity contribution is 5.56. The lowest BCUT2D eigenvalue weighted by Crippen LogP contribution is -2.36. The van der Waals surface area contributed by atoms with Gasteiger partial charge in [-0.05, 0) is 51.4 Å². The zero-order valence-electron chi connectivity index (χ0n) is 13.1. The third-order valence-corrected chi connectivity index (χ3v) is 4.43. The van der Waals surface area contributed by atoms with Crippen LogP contribution in [0.25, 0.3) is 0 Å². The Kier molecular flexibility index (Phi) is 4.02. The smallest absolute Gasteiger partial charge is 0.123 e. The molecule has 0 fully saturated rings. The van der Waals surface area contributed by atoms with E-state index in [-0.39, 0.29) is 0 Å². The number of benzene rings is 1. The van der Waals surface area contributed by atoms with Crippen LogP contribution >= 0.6 is 0 Å². The Morgan fingerprint density at radius 2 is 2.14 bits per heavy atom. The van der Waals surface area contributed by atoms with Crippen molar-refractivity contribution in [2.75, 3.05) is 11.9 Å². The standard InChI is InChI=1S/C18H24N2O/c1-13-8-9-15-6-4-5-7-18(15)20(13)12-17-10-16(11-19-3)14(2)21-17/h4-7,10,13,19H,8-9,11-12H2,1-3H3. The molecule has 1 atom stereocenters. The average Bonchev–Trinajstić information content (AvgIpc) is 2.83. The summed E-state index contributed by atoms with van der Waals surface area (Å²) in [7, 11) is 1.97. The number of nitrogens with one attached hydrogen (secondary N) is 1. The molecule has 0 spiro atoms. The summed E-state index contributed by atoms with van der Waals surface area (Å²) in [5, 5.41) is 3.19. The van der Waals surface area contributed by atoms with Crippen LogP contribution in [0.15, 0.2) is 34.7 Å². The van der Waals surface area contributed by atoms with Crippen molar-refractivity contribution in [2.45, 2.75) is 45.8 Å². The Bertz CT molecular complexity index is 617. The number of furan rings is 1. The molecule has 3 nitrogen and oxygen atoms in total. The van der Waals surface area contributed by atoms with Gasteiger partial charge in [-0.1, -0.05) is 18.2 Å². The van der Waals surface area contributed by atoms with Gasteiger partial charge in [-0.25, -0.2) is 0 Å². The van der Waals surface area contributed by atoms with Crippen LogP contribution in [0.3, 0.4) is 0 Å². The van der Waals surface area contributed by atoms with Crippen LogP contribution in [0.5, 0.6) is 0 Å². The molecule has 1 aromatic heterocycles. The van der Waals surface area contributed by atoms with Gasteiger partial charge in [-0.15, -0.1) is 0 Å². The van der Waals surface area contributed by atoms with Crippen LogP contribution in [0.4, 0.5) is 5.69 Å². The Morgan fingerprint density at radius 3 is 2.95 bits per heavy atom. The minimum Gasteiger partial charge on any atom is -0.464 e. The predicted molar refractivity (Wildman–Crippen MR) is 86.6 cm³/mol. The van der Waals surface area contributed by atoms with E-state index in [9.17, 15) is 0 Å². The lowest BCUT2D eigenvalue weighted by atomic mass is 9.96. The van der Waals surface area contributed by atoms with Crippen LogP contribution in [-0.2, 0) is 19.5 Å². The molecular weight excluding hydrogens is 260 g/mol. The first-order valence-electron chi connectivity index (χ1n) is 7.76. The fraction of sp³-hybridized carbons (Fsp3) is 0.444. The molecule has 0 bridgehead atoms. The first kappa shape index (κ1) is 14.2. The molecule has 1 aliphatic rings. The van der Waals surface area contributed by atoms with E-state index >= 15 is 0 Å². The van der Waals surface area contributed by atoms with Crippen molar-refractivity contribution in [2.24, 2.45) is 0 Å². The molecule has 2 heterocycles. The van der Waals surface area contributed by atoms with Gasteiger partial charge >= 0.3 is 0 Å². The lowest BCUT2D eigenvalue weighted by Gasteiger charge is -2.36. The summed E-state index contributed by atoms with van der Waals surface area (Å²) < 4.78 is 5.95. The fourth-order valence-corrected chi connectivity index (χ4v) is 3.20. The van der Waals surface area contributed by atoms with E-state index in [0.29, 0.717) is 6.04 Å². The minimum atomic E-state index is 0.554. The molecule has 0 aliphatic carbocycles. The van der Waals surface area contributed by atoms with Crippen molar-refractivity contribution in [3.8, 4) is 0 Å². The number of rotatable bonds is 4. The van der Waals surface area contributed by atoms with Crippen LogP contribution in [0, 0.1) is 6.92 Å². The van der Waals surface area contributed by atoms with Crippen molar-refractivity contribution in [3.63, 3.8) is 0 Å². The Labute approximate surface area is 127 Å². The lowest BCUT2D eigenvalue weighted by molar-refractivity contribution is 0.455. The largest absolute Gasteiger partial charge is 0.464 e. The normalized spacial score (nSPS) is 17.9. The van der Waals surface area contributed by atoms with Crippen molar-refractivity contribution in [1.82, 2.24) is 5.32 Å². The maximum atomic E-state index is 5.95. The average molecular weight is 284 g/mol. The molecule has 2 aromatic rings. The van der Waals surface area contributed by atoms with Gasteiger partial charge in [0.25, 0.3) is 0 Å². The van der Waals surface area contributed by atoms with Gasteiger partial charge in [-0.3, -0.25) is 0 Å². The fourth-order valence-electron chi connectivity index (χ4n) is 3.20. The Balaban J connectivity index is 1.85. The van der Waals surface area contributed by atoms with E-state index in [4.69, 9.17) is 4.42 Å². The van der Waals surface area contributed by atoms with Crippen LogP contribution in [0.1, 0.15) is 36.0 Å². The summed E-state index contributed by atoms with van der Waals surface area (Å²) in [5.74, 6) is 2.08. The molecule has 1 N–H and O–H groups in total. The van der Waals surface area contributed by atoms with Gasteiger partial charge in [0.15, 0.2) is 0 Å². The van der Waals surface area contributed by atoms with E-state index in [1.807, 2.05) is 14.0 Å². The summed E-state index contributed by atoms with van der Waals surface area (Å²) in [6.07, 6.45) is 2.39. The molecule has 1 aromatic carbocycles. The van der Waals surface area contributed by atoms with Gasteiger partial charge in [0, 0.05) is 23.8 Å². The second kappa shape index (κ2) is 5.94. The summed E-state index contributed by atoms with van der Waals surface area (Å²) in [6.45, 7) is 6.06. The zero-order valence-corrected chi connectivity index (χ0v) is 13.1. The van der Waals surface area contributed by atoms with E-state index in [1.165, 1.54) is 29.7 Å². The Morgan fingerprint density at radius 1 is 1.33 bits per heavy atom. The van der Waals surface area contributed by atoms with Crippen molar-refractivity contribution in [1.29, 1.82) is 0 Å². The summed E-state index contributed by atoms with van der Waals surface area (Å²) in [5.41, 5.74) is 4.07. The monoisotopic (exact) mass is 284 g/mol. The van der Waals surface area contributed by atoms with Crippen molar-refractivity contribution < 1.29 is 4.42 Å². The number of nitrogens with zero attached hydrogens (tertiary/aromatic N) is 1. The highest BCUT2D eigenvalue weighted by Crippen LogP contribution is 2.32. The maximum Gasteiger partial charge on any atom is 0.123 e. The summed E-state index contributed by atoms with van der Waals surface area (Å²) in [4.78, 5) is 2.47. The third-order valence-electron chi connectivity index (χ3n) is 4.43. The molecule has 1 aliphatic heterocycles. The van der Waals surface area contributed by atoms with Crippen LogP contribution < -0.4 is 10.2 Å². The number of fused-ring (bicyclic) bond motifs is 1. The minimum absolute atomic E-state index is 0.554. The highest BCUT2D eigenvalue weighted by atomic mass is 16.3. The number of aryl methyl sites for hydroxylation is 2.